The maximum atomic E-state index is 9.85. The van der Waals surface area contributed by atoms with E-state index >= 15 is 0 Å². The molecule has 0 bridgehead atoms. The van der Waals surface area contributed by atoms with Crippen LogP contribution in [0.3, 0.4) is 0 Å². The van der Waals surface area contributed by atoms with Crippen molar-refractivity contribution in [2.45, 2.75) is 0 Å². The van der Waals surface area contributed by atoms with Crippen molar-refractivity contribution in [3.8, 4) is 5.75 Å². The Labute approximate surface area is 128 Å². The molecule has 5 heteroatoms. The minimum Gasteiger partial charge on any atom is -0.506 e. The summed E-state index contributed by atoms with van der Waals surface area (Å²) in [6.45, 7) is 4.31. The van der Waals surface area contributed by atoms with Gasteiger partial charge in [0.05, 0.1) is 11.2 Å². The number of benzene rings is 2. The summed E-state index contributed by atoms with van der Waals surface area (Å²) in [5.41, 5.74) is 1.38. The van der Waals surface area contributed by atoms with Crippen molar-refractivity contribution in [2.75, 3.05) is 17.2 Å². The first-order valence-electron chi connectivity index (χ1n) is 6.94. The first-order valence-corrected chi connectivity index (χ1v) is 6.94. The zero-order chi connectivity index (χ0) is 15.4. The first kappa shape index (κ1) is 13.9. The number of nitrogens with zero attached hydrogens (tertiary/aromatic N) is 2. The van der Waals surface area contributed by atoms with Gasteiger partial charge in [-0.1, -0.05) is 30.3 Å². The van der Waals surface area contributed by atoms with Gasteiger partial charge in [0.1, 0.15) is 11.6 Å². The van der Waals surface area contributed by atoms with Gasteiger partial charge in [0.25, 0.3) is 0 Å². The lowest BCUT2D eigenvalue weighted by Crippen LogP contribution is -2.05. The van der Waals surface area contributed by atoms with Crippen LogP contribution in [-0.4, -0.2) is 21.6 Å². The summed E-state index contributed by atoms with van der Waals surface area (Å²) in [5.74, 6) is 1.30. The van der Waals surface area contributed by atoms with Gasteiger partial charge in [0.2, 0.25) is 5.95 Å². The fourth-order valence-corrected chi connectivity index (χ4v) is 2.14. The van der Waals surface area contributed by atoms with Gasteiger partial charge in [-0.05, 0) is 24.3 Å². The third-order valence-electron chi connectivity index (χ3n) is 3.17. The molecule has 0 aliphatic heterocycles. The quantitative estimate of drug-likeness (QED) is 0.494. The zero-order valence-electron chi connectivity index (χ0n) is 12.0. The molecule has 22 heavy (non-hydrogen) atoms. The Morgan fingerprint density at radius 2 is 1.82 bits per heavy atom. The van der Waals surface area contributed by atoms with Gasteiger partial charge < -0.3 is 15.7 Å². The van der Waals surface area contributed by atoms with Crippen molar-refractivity contribution in [3.05, 3.63) is 61.2 Å². The fourth-order valence-electron chi connectivity index (χ4n) is 2.14. The Balaban J connectivity index is 2.02. The summed E-state index contributed by atoms with van der Waals surface area (Å²) in [5, 5.41) is 17.0. The lowest BCUT2D eigenvalue weighted by molar-refractivity contribution is 0.477. The molecule has 0 aliphatic rings. The zero-order valence-corrected chi connectivity index (χ0v) is 12.0. The maximum absolute atomic E-state index is 9.85. The molecule has 0 saturated heterocycles. The van der Waals surface area contributed by atoms with E-state index in [1.807, 2.05) is 30.3 Å². The molecule has 1 heterocycles. The summed E-state index contributed by atoms with van der Waals surface area (Å²) in [7, 11) is 0. The van der Waals surface area contributed by atoms with Gasteiger partial charge in [-0.3, -0.25) is 0 Å². The predicted octanol–water partition coefficient (Wildman–Crippen LogP) is 3.68. The van der Waals surface area contributed by atoms with Gasteiger partial charge in [-0.2, -0.15) is 4.98 Å². The van der Waals surface area contributed by atoms with E-state index in [4.69, 9.17) is 0 Å². The molecule has 0 saturated carbocycles. The summed E-state index contributed by atoms with van der Waals surface area (Å²) in [6.07, 6.45) is 1.77. The van der Waals surface area contributed by atoms with Crippen molar-refractivity contribution in [2.24, 2.45) is 0 Å². The van der Waals surface area contributed by atoms with Crippen LogP contribution in [0.2, 0.25) is 0 Å². The third-order valence-corrected chi connectivity index (χ3v) is 3.17. The van der Waals surface area contributed by atoms with Crippen LogP contribution in [-0.2, 0) is 0 Å². The van der Waals surface area contributed by atoms with Gasteiger partial charge in [0, 0.05) is 11.9 Å². The minimum absolute atomic E-state index is 0.153. The number of phenolic OH excluding ortho intramolecular Hbond substituents is 1. The molecule has 0 atom stereocenters. The van der Waals surface area contributed by atoms with E-state index in [-0.39, 0.29) is 5.75 Å². The molecule has 1 aromatic heterocycles. The third kappa shape index (κ3) is 2.83. The topological polar surface area (TPSA) is 70.1 Å². The Morgan fingerprint density at radius 3 is 2.64 bits per heavy atom. The van der Waals surface area contributed by atoms with Crippen LogP contribution in [0, 0.1) is 0 Å². The van der Waals surface area contributed by atoms with Crippen molar-refractivity contribution >= 4 is 28.4 Å². The average molecular weight is 292 g/mol. The largest absolute Gasteiger partial charge is 0.506 e. The number of hydrogen-bond acceptors (Lipinski definition) is 5. The second kappa shape index (κ2) is 6.13. The van der Waals surface area contributed by atoms with E-state index in [0.717, 1.165) is 16.7 Å². The number of aromatic hydroxyl groups is 1. The van der Waals surface area contributed by atoms with E-state index in [2.05, 4.69) is 27.2 Å². The second-order valence-electron chi connectivity index (χ2n) is 4.72. The standard InChI is InChI=1S/C17H16N4O/c1-2-11-18-16-12-7-3-4-8-13(12)19-17(21-16)20-14-9-5-6-10-15(14)22/h2-10,22H,1,11H2,(H2,18,19,20,21). The number of fused-ring (bicyclic) bond motifs is 1. The van der Waals surface area contributed by atoms with Crippen LogP contribution in [0.1, 0.15) is 0 Å². The van der Waals surface area contributed by atoms with Crippen LogP contribution < -0.4 is 10.6 Å². The Morgan fingerprint density at radius 1 is 1.05 bits per heavy atom. The number of aromatic nitrogens is 2. The molecule has 0 radical (unpaired) electrons. The van der Waals surface area contributed by atoms with Crippen LogP contribution in [0.4, 0.5) is 17.5 Å². The molecule has 3 N–H and O–H groups in total. The lowest BCUT2D eigenvalue weighted by Gasteiger charge is -2.11. The van der Waals surface area contributed by atoms with Crippen molar-refractivity contribution in [1.29, 1.82) is 0 Å². The maximum Gasteiger partial charge on any atom is 0.229 e. The van der Waals surface area contributed by atoms with Crippen molar-refractivity contribution in [1.82, 2.24) is 9.97 Å². The van der Waals surface area contributed by atoms with E-state index < -0.39 is 0 Å². The van der Waals surface area contributed by atoms with Crippen LogP contribution in [0.25, 0.3) is 10.9 Å². The molecule has 0 spiro atoms. The molecule has 0 aliphatic carbocycles. The monoisotopic (exact) mass is 292 g/mol. The number of anilines is 3. The number of phenols is 1. The molecular formula is C17H16N4O. The highest BCUT2D eigenvalue weighted by Crippen LogP contribution is 2.27. The Hall–Kier alpha value is -3.08. The summed E-state index contributed by atoms with van der Waals surface area (Å²) >= 11 is 0. The van der Waals surface area contributed by atoms with E-state index in [1.54, 1.807) is 24.3 Å². The first-order chi connectivity index (χ1) is 10.8. The number of para-hydroxylation sites is 3. The fraction of sp³-hybridized carbons (Fsp3) is 0.0588. The molecule has 0 fully saturated rings. The summed E-state index contributed by atoms with van der Waals surface area (Å²) in [6, 6.07) is 14.7. The molecule has 0 amide bonds. The van der Waals surface area contributed by atoms with E-state index in [0.29, 0.717) is 18.2 Å². The second-order valence-corrected chi connectivity index (χ2v) is 4.72. The summed E-state index contributed by atoms with van der Waals surface area (Å²) < 4.78 is 0. The average Bonchev–Trinajstić information content (AvgIpc) is 2.55. The lowest BCUT2D eigenvalue weighted by atomic mass is 10.2. The number of rotatable bonds is 5. The van der Waals surface area contributed by atoms with Gasteiger partial charge >= 0.3 is 0 Å². The van der Waals surface area contributed by atoms with Crippen molar-refractivity contribution in [3.63, 3.8) is 0 Å². The van der Waals surface area contributed by atoms with Crippen molar-refractivity contribution < 1.29 is 5.11 Å². The predicted molar refractivity (Wildman–Crippen MR) is 89.6 cm³/mol. The van der Waals surface area contributed by atoms with Gasteiger partial charge in [-0.15, -0.1) is 6.58 Å². The normalized spacial score (nSPS) is 10.4. The Kier molecular flexibility index (Phi) is 3.87. The van der Waals surface area contributed by atoms with Crippen LogP contribution in [0.15, 0.2) is 61.2 Å². The number of hydrogen-bond donors (Lipinski definition) is 3. The highest BCUT2D eigenvalue weighted by molar-refractivity contribution is 5.90. The molecule has 5 nitrogen and oxygen atoms in total. The SMILES string of the molecule is C=CCNc1nc(Nc2ccccc2O)nc2ccccc12. The molecule has 3 rings (SSSR count). The van der Waals surface area contributed by atoms with Gasteiger partial charge in [0.15, 0.2) is 0 Å². The minimum atomic E-state index is 0.153. The molecule has 3 aromatic rings. The smallest absolute Gasteiger partial charge is 0.229 e. The highest BCUT2D eigenvalue weighted by Gasteiger charge is 2.08. The van der Waals surface area contributed by atoms with Gasteiger partial charge in [-0.25, -0.2) is 4.98 Å². The molecular weight excluding hydrogens is 276 g/mol. The molecule has 110 valence electrons. The highest BCUT2D eigenvalue weighted by atomic mass is 16.3. The van der Waals surface area contributed by atoms with E-state index in [1.165, 1.54) is 0 Å². The summed E-state index contributed by atoms with van der Waals surface area (Å²) in [4.78, 5) is 8.96. The molecule has 0 unspecified atom stereocenters. The van der Waals surface area contributed by atoms with Crippen LogP contribution in [0.5, 0.6) is 5.75 Å². The Bertz CT molecular complexity index is 817. The van der Waals surface area contributed by atoms with Crippen LogP contribution >= 0.6 is 0 Å². The molecule has 2 aromatic carbocycles. The number of nitrogens with one attached hydrogen (secondary N) is 2. The van der Waals surface area contributed by atoms with E-state index in [9.17, 15) is 5.11 Å².